The fourth-order valence-corrected chi connectivity index (χ4v) is 1.95. The van der Waals surface area contributed by atoms with E-state index in [0.29, 0.717) is 12.1 Å². The van der Waals surface area contributed by atoms with E-state index < -0.39 is 0 Å². The maximum atomic E-state index is 4.60. The van der Waals surface area contributed by atoms with E-state index in [1.165, 1.54) is 19.3 Å². The molecule has 1 aromatic heterocycles. The van der Waals surface area contributed by atoms with Gasteiger partial charge in [-0.05, 0) is 32.3 Å². The van der Waals surface area contributed by atoms with E-state index in [0.717, 1.165) is 18.7 Å². The molecule has 3 nitrogen and oxygen atoms in total. The van der Waals surface area contributed by atoms with Gasteiger partial charge in [0.25, 0.3) is 0 Å². The average molecular weight is 237 g/mol. The lowest BCUT2D eigenvalue weighted by Crippen LogP contribution is -2.27. The summed E-state index contributed by atoms with van der Waals surface area (Å²) in [7, 11) is 0. The minimum Gasteiger partial charge on any atom is -0.308 e. The van der Waals surface area contributed by atoms with Gasteiger partial charge in [-0.15, -0.1) is 0 Å². The summed E-state index contributed by atoms with van der Waals surface area (Å²) in [6.07, 6.45) is 6.91. The lowest BCUT2D eigenvalue weighted by Gasteiger charge is -2.15. The van der Waals surface area contributed by atoms with Crippen LogP contribution in [0, 0.1) is 0 Å². The zero-order valence-corrected chi connectivity index (χ0v) is 11.7. The van der Waals surface area contributed by atoms with E-state index >= 15 is 0 Å². The smallest absolute Gasteiger partial charge is 0.0762 e. The first-order chi connectivity index (χ1) is 8.21. The molecule has 0 spiro atoms. The molecule has 2 atom stereocenters. The molecule has 0 saturated carbocycles. The van der Waals surface area contributed by atoms with Crippen LogP contribution < -0.4 is 5.32 Å². The topological polar surface area (TPSA) is 29.9 Å². The van der Waals surface area contributed by atoms with Crippen molar-refractivity contribution in [3.63, 3.8) is 0 Å². The first-order valence-corrected chi connectivity index (χ1v) is 6.98. The molecule has 1 heterocycles. The van der Waals surface area contributed by atoms with Crippen molar-refractivity contribution in [3.05, 3.63) is 18.0 Å². The molecule has 0 aromatic carbocycles. The third-order valence-electron chi connectivity index (χ3n) is 3.41. The molecule has 0 aliphatic carbocycles. The monoisotopic (exact) mass is 237 g/mol. The molecule has 0 radical (unpaired) electrons. The van der Waals surface area contributed by atoms with Crippen LogP contribution in [0.25, 0.3) is 0 Å². The number of hydrogen-bond donors (Lipinski definition) is 1. The number of nitrogens with zero attached hydrogens (tertiary/aromatic N) is 2. The van der Waals surface area contributed by atoms with E-state index in [1.54, 1.807) is 0 Å². The number of nitrogens with one attached hydrogen (secondary N) is 1. The van der Waals surface area contributed by atoms with Crippen molar-refractivity contribution in [2.45, 2.75) is 72.0 Å². The highest BCUT2D eigenvalue weighted by atomic mass is 15.3. The van der Waals surface area contributed by atoms with Crippen molar-refractivity contribution < 1.29 is 0 Å². The van der Waals surface area contributed by atoms with Crippen LogP contribution in [0.1, 0.15) is 65.1 Å². The number of hydrogen-bond acceptors (Lipinski definition) is 2. The van der Waals surface area contributed by atoms with Gasteiger partial charge < -0.3 is 5.32 Å². The molecular formula is C14H27N3. The Kier molecular flexibility index (Phi) is 6.27. The van der Waals surface area contributed by atoms with Crippen molar-refractivity contribution in [2.75, 3.05) is 0 Å². The van der Waals surface area contributed by atoms with Gasteiger partial charge in [-0.25, -0.2) is 0 Å². The lowest BCUT2D eigenvalue weighted by molar-refractivity contribution is 0.445. The van der Waals surface area contributed by atoms with Crippen molar-refractivity contribution in [3.8, 4) is 0 Å². The Hall–Kier alpha value is -0.830. The van der Waals surface area contributed by atoms with Crippen molar-refractivity contribution >= 4 is 0 Å². The van der Waals surface area contributed by atoms with Gasteiger partial charge in [-0.2, -0.15) is 5.10 Å². The quantitative estimate of drug-likeness (QED) is 0.749. The molecule has 3 heteroatoms. The van der Waals surface area contributed by atoms with Crippen molar-refractivity contribution in [1.82, 2.24) is 15.1 Å². The van der Waals surface area contributed by atoms with Crippen LogP contribution in [0.3, 0.4) is 0 Å². The average Bonchev–Trinajstić information content (AvgIpc) is 2.82. The largest absolute Gasteiger partial charge is 0.308 e. The lowest BCUT2D eigenvalue weighted by atomic mass is 10.1. The molecule has 0 saturated heterocycles. The molecule has 0 aliphatic heterocycles. The predicted octanol–water partition coefficient (Wildman–Crippen LogP) is 3.52. The molecule has 0 fully saturated rings. The van der Waals surface area contributed by atoms with Gasteiger partial charge in [0.1, 0.15) is 0 Å². The normalized spacial score (nSPS) is 14.8. The molecule has 0 bridgehead atoms. The molecule has 0 amide bonds. The van der Waals surface area contributed by atoms with Crippen LogP contribution in [0.15, 0.2) is 12.3 Å². The summed E-state index contributed by atoms with van der Waals surface area (Å²) in [5.74, 6) is 0. The fourth-order valence-electron chi connectivity index (χ4n) is 1.95. The van der Waals surface area contributed by atoms with Gasteiger partial charge in [0.15, 0.2) is 0 Å². The highest BCUT2D eigenvalue weighted by Gasteiger charge is 2.07. The number of aromatic nitrogens is 2. The van der Waals surface area contributed by atoms with Gasteiger partial charge in [0.2, 0.25) is 0 Å². The zero-order valence-electron chi connectivity index (χ0n) is 11.7. The first-order valence-electron chi connectivity index (χ1n) is 6.98. The van der Waals surface area contributed by atoms with E-state index in [1.807, 2.05) is 0 Å². The SMILES string of the molecule is CCCC(CC)NCc1ccn(C(C)CC)n1. The molecule has 17 heavy (non-hydrogen) atoms. The summed E-state index contributed by atoms with van der Waals surface area (Å²) in [5, 5.41) is 8.18. The maximum Gasteiger partial charge on any atom is 0.0762 e. The van der Waals surface area contributed by atoms with Gasteiger partial charge in [-0.3, -0.25) is 4.68 Å². The molecular weight excluding hydrogens is 210 g/mol. The van der Waals surface area contributed by atoms with Crippen LogP contribution in [-0.4, -0.2) is 15.8 Å². The Balaban J connectivity index is 2.43. The first kappa shape index (κ1) is 14.2. The third-order valence-corrected chi connectivity index (χ3v) is 3.41. The predicted molar refractivity (Wildman–Crippen MR) is 73.1 cm³/mol. The Labute approximate surface area is 106 Å². The Morgan fingerprint density at radius 1 is 1.29 bits per heavy atom. The summed E-state index contributed by atoms with van der Waals surface area (Å²) >= 11 is 0. The summed E-state index contributed by atoms with van der Waals surface area (Å²) < 4.78 is 2.07. The second kappa shape index (κ2) is 7.49. The van der Waals surface area contributed by atoms with E-state index in [-0.39, 0.29) is 0 Å². The molecule has 1 rings (SSSR count). The Morgan fingerprint density at radius 2 is 2.06 bits per heavy atom. The summed E-state index contributed by atoms with van der Waals surface area (Å²) in [6, 6.07) is 3.26. The van der Waals surface area contributed by atoms with Crippen LogP contribution in [0.4, 0.5) is 0 Å². The minimum absolute atomic E-state index is 0.501. The molecule has 1 N–H and O–H groups in total. The summed E-state index contributed by atoms with van der Waals surface area (Å²) in [5.41, 5.74) is 1.15. The zero-order chi connectivity index (χ0) is 12.7. The Morgan fingerprint density at radius 3 is 2.65 bits per heavy atom. The fraction of sp³-hybridized carbons (Fsp3) is 0.786. The van der Waals surface area contributed by atoms with Gasteiger partial charge >= 0.3 is 0 Å². The van der Waals surface area contributed by atoms with Crippen LogP contribution >= 0.6 is 0 Å². The van der Waals surface area contributed by atoms with Gasteiger partial charge in [-0.1, -0.05) is 27.2 Å². The molecule has 98 valence electrons. The highest BCUT2D eigenvalue weighted by molar-refractivity contribution is 4.99. The maximum absolute atomic E-state index is 4.60. The summed E-state index contributed by atoms with van der Waals surface area (Å²) in [6.45, 7) is 9.77. The van der Waals surface area contributed by atoms with Crippen molar-refractivity contribution in [2.24, 2.45) is 0 Å². The van der Waals surface area contributed by atoms with Gasteiger partial charge in [0.05, 0.1) is 5.69 Å². The summed E-state index contributed by atoms with van der Waals surface area (Å²) in [4.78, 5) is 0. The Bertz CT molecular complexity index is 306. The van der Waals surface area contributed by atoms with Crippen molar-refractivity contribution in [1.29, 1.82) is 0 Å². The molecule has 0 aliphatic rings. The molecule has 2 unspecified atom stereocenters. The van der Waals surface area contributed by atoms with E-state index in [2.05, 4.69) is 55.1 Å². The second-order valence-corrected chi connectivity index (χ2v) is 4.82. The van der Waals surface area contributed by atoms with Gasteiger partial charge in [0, 0.05) is 24.8 Å². The van der Waals surface area contributed by atoms with Crippen LogP contribution in [0.5, 0.6) is 0 Å². The van der Waals surface area contributed by atoms with Crippen LogP contribution in [-0.2, 0) is 6.54 Å². The van der Waals surface area contributed by atoms with E-state index in [9.17, 15) is 0 Å². The number of rotatable bonds is 8. The van der Waals surface area contributed by atoms with Crippen LogP contribution in [0.2, 0.25) is 0 Å². The standard InChI is InChI=1S/C14H27N3/c1-5-8-13(7-3)15-11-14-9-10-17(16-14)12(4)6-2/h9-10,12-13,15H,5-8,11H2,1-4H3. The highest BCUT2D eigenvalue weighted by Crippen LogP contribution is 2.09. The van der Waals surface area contributed by atoms with E-state index in [4.69, 9.17) is 0 Å². The third kappa shape index (κ3) is 4.50. The minimum atomic E-state index is 0.501. The molecule has 1 aromatic rings. The second-order valence-electron chi connectivity index (χ2n) is 4.82.